The zero-order valence-corrected chi connectivity index (χ0v) is 39.7. The first-order chi connectivity index (χ1) is 32.6. The lowest BCUT2D eigenvalue weighted by atomic mass is 9.81. The third-order valence-electron chi connectivity index (χ3n) is 12.1. The van der Waals surface area contributed by atoms with Crippen molar-refractivity contribution in [2.75, 3.05) is 0 Å². The van der Waals surface area contributed by atoms with Crippen molar-refractivity contribution in [3.05, 3.63) is 221 Å². The van der Waals surface area contributed by atoms with Gasteiger partial charge in [0.15, 0.2) is 5.60 Å². The Labute approximate surface area is 408 Å². The molecule has 0 aliphatic carbocycles. The zero-order chi connectivity index (χ0) is 48.1. The van der Waals surface area contributed by atoms with E-state index in [0.29, 0.717) is 70.4 Å². The molecule has 0 amide bonds. The molecule has 3 N–H and O–H groups in total. The van der Waals surface area contributed by atoms with Crippen LogP contribution in [0.4, 0.5) is 0 Å². The maximum Gasteiger partial charge on any atom is 0.252 e. The van der Waals surface area contributed by atoms with Crippen LogP contribution >= 0.6 is 46.4 Å². The van der Waals surface area contributed by atoms with Crippen LogP contribution in [0.5, 0.6) is 0 Å². The maximum atomic E-state index is 12.7. The largest absolute Gasteiger partial charge is 0.374 e. The minimum absolute atomic E-state index is 0.171. The number of pyridine rings is 4. The highest BCUT2D eigenvalue weighted by molar-refractivity contribution is 6.31. The van der Waals surface area contributed by atoms with Gasteiger partial charge in [-0.25, -0.2) is 19.3 Å². The average molecular weight is 984 g/mol. The number of aliphatic hydroxyl groups is 1. The number of aryl methyl sites for hydroxylation is 4. The fourth-order valence-electron chi connectivity index (χ4n) is 8.45. The topological polar surface area (TPSA) is 177 Å². The Kier molecular flexibility index (Phi) is 12.3. The second-order valence-corrected chi connectivity index (χ2v) is 17.9. The molecule has 0 saturated heterocycles. The molecule has 0 unspecified atom stereocenters. The molecule has 0 radical (unpaired) electrons. The van der Waals surface area contributed by atoms with Crippen LogP contribution < -0.4 is 16.9 Å². The molecule has 10 aromatic rings. The van der Waals surface area contributed by atoms with Gasteiger partial charge in [0.25, 0.3) is 11.1 Å². The molecule has 68 heavy (non-hydrogen) atoms. The molecule has 0 spiro atoms. The van der Waals surface area contributed by atoms with Crippen LogP contribution in [0.25, 0.3) is 44.3 Å². The van der Waals surface area contributed by atoms with Gasteiger partial charge in [-0.05, 0) is 94.0 Å². The van der Waals surface area contributed by atoms with Crippen LogP contribution in [0.1, 0.15) is 33.6 Å². The number of halogens is 4. The van der Waals surface area contributed by atoms with Gasteiger partial charge in [0, 0.05) is 94.7 Å². The van der Waals surface area contributed by atoms with Gasteiger partial charge in [0.05, 0.1) is 23.8 Å². The van der Waals surface area contributed by atoms with E-state index in [2.05, 4.69) is 30.6 Å². The molecule has 4 aromatic carbocycles. The first kappa shape index (κ1) is 46.1. The Hall–Kier alpha value is -7.04. The summed E-state index contributed by atoms with van der Waals surface area (Å²) in [6.45, 7) is 0. The van der Waals surface area contributed by atoms with Gasteiger partial charge in [0.2, 0.25) is 0 Å². The van der Waals surface area contributed by atoms with Crippen LogP contribution in [0, 0.1) is 0 Å². The van der Waals surface area contributed by atoms with E-state index in [0.717, 1.165) is 27.6 Å². The average Bonchev–Trinajstić information content (AvgIpc) is 3.99. The monoisotopic (exact) mass is 981 g/mol. The van der Waals surface area contributed by atoms with E-state index >= 15 is 0 Å². The molecular weight excluding hydrogens is 944 g/mol. The van der Waals surface area contributed by atoms with Gasteiger partial charge in [0.1, 0.15) is 16.8 Å². The van der Waals surface area contributed by atoms with Crippen molar-refractivity contribution in [1.29, 1.82) is 0 Å². The molecule has 0 aliphatic rings. The Morgan fingerprint density at radius 1 is 0.500 bits per heavy atom. The maximum absolute atomic E-state index is 12.7. The molecule has 2 atom stereocenters. The summed E-state index contributed by atoms with van der Waals surface area (Å²) in [6, 6.07) is 35.8. The van der Waals surface area contributed by atoms with E-state index in [1.165, 1.54) is 20.0 Å². The quantitative estimate of drug-likeness (QED) is 0.150. The van der Waals surface area contributed by atoms with Crippen molar-refractivity contribution in [2.45, 2.75) is 11.1 Å². The summed E-state index contributed by atoms with van der Waals surface area (Å²) in [6.07, 6.45) is 6.39. The Morgan fingerprint density at radius 3 is 1.40 bits per heavy atom. The second kappa shape index (κ2) is 18.2. The number of nitrogens with zero attached hydrogens (tertiary/aromatic N) is 10. The van der Waals surface area contributed by atoms with Crippen molar-refractivity contribution in [1.82, 2.24) is 49.1 Å². The molecule has 6 heterocycles. The zero-order valence-electron chi connectivity index (χ0n) is 36.7. The number of hydrogen-bond acceptors (Lipinski definition) is 10. The van der Waals surface area contributed by atoms with Crippen molar-refractivity contribution in [3.63, 3.8) is 0 Å². The number of rotatable bonds is 8. The van der Waals surface area contributed by atoms with Crippen LogP contribution in [-0.2, 0) is 39.3 Å². The van der Waals surface area contributed by atoms with Crippen LogP contribution in [0.2, 0.25) is 20.1 Å². The summed E-state index contributed by atoms with van der Waals surface area (Å²) in [5, 5.41) is 32.0. The molecule has 18 heteroatoms. The Morgan fingerprint density at radius 2 is 0.941 bits per heavy atom. The van der Waals surface area contributed by atoms with Crippen molar-refractivity contribution in [2.24, 2.45) is 33.9 Å². The molecule has 10 rings (SSSR count). The molecule has 0 aliphatic heterocycles. The number of fused-ring (bicyclic) bond motifs is 2. The summed E-state index contributed by atoms with van der Waals surface area (Å²) in [4.78, 5) is 34.7. The molecule has 6 aromatic heterocycles. The summed E-state index contributed by atoms with van der Waals surface area (Å²) in [5.74, 6) is 0. The van der Waals surface area contributed by atoms with E-state index in [4.69, 9.17) is 52.1 Å². The molecule has 14 nitrogen and oxygen atoms in total. The number of aromatic nitrogens is 10. The lowest BCUT2D eigenvalue weighted by molar-refractivity contribution is 0.116. The molecule has 0 saturated carbocycles. The van der Waals surface area contributed by atoms with Gasteiger partial charge < -0.3 is 10.8 Å². The highest BCUT2D eigenvalue weighted by atomic mass is 35.5. The fraction of sp³-hybridized carbons (Fsp3) is 0.120. The van der Waals surface area contributed by atoms with Gasteiger partial charge in [-0.3, -0.25) is 18.7 Å². The molecule has 340 valence electrons. The van der Waals surface area contributed by atoms with E-state index in [9.17, 15) is 14.7 Å². The van der Waals surface area contributed by atoms with Crippen LogP contribution in [0.3, 0.4) is 0 Å². The predicted octanol–water partition coefficient (Wildman–Crippen LogP) is 8.61. The Balaban J connectivity index is 0.000000170. The number of nitrogens with two attached hydrogens (primary N) is 1. The minimum atomic E-state index is -1.63. The second-order valence-electron chi connectivity index (χ2n) is 16.1. The number of benzene rings is 4. The van der Waals surface area contributed by atoms with E-state index < -0.39 is 11.1 Å². The first-order valence-electron chi connectivity index (χ1n) is 20.8. The predicted molar refractivity (Wildman–Crippen MR) is 266 cm³/mol. The number of hydrogen-bond donors (Lipinski definition) is 2. The van der Waals surface area contributed by atoms with E-state index in [-0.39, 0.29) is 11.1 Å². The standard InChI is InChI=1S/C25H20Cl2N6O.C25H19Cl2N5O2/c1-32-23(34)12-20(15-4-3-5-19(27)10-15)21-11-17(13-29-24(21)32)25(28,22-14-30-31-33(22)2)16-6-8-18(26)9-7-16;1-31-23(33)12-20(15-4-3-5-19(27)10-15)21-11-17(13-28-24(21)31)25(34,22-14-29-30-32(22)2)16-6-8-18(26)9-7-16/h3-14H,28H2,1-2H3;3-14,34H,1-2H3/t2*25-/m11/s1. The first-order valence-corrected chi connectivity index (χ1v) is 22.3. The van der Waals surface area contributed by atoms with Gasteiger partial charge in [-0.15, -0.1) is 10.2 Å². The normalized spacial score (nSPS) is 13.2. The summed E-state index contributed by atoms with van der Waals surface area (Å²) >= 11 is 24.7. The Bertz CT molecular complexity index is 3430. The van der Waals surface area contributed by atoms with Crippen molar-refractivity contribution >= 4 is 68.5 Å². The van der Waals surface area contributed by atoms with Crippen LogP contribution in [-0.4, -0.2) is 54.2 Å². The molecule has 0 fully saturated rings. The highest BCUT2D eigenvalue weighted by Gasteiger charge is 2.39. The van der Waals surface area contributed by atoms with E-state index in [1.807, 2.05) is 54.6 Å². The molecular formula is C50H39Cl4N11O3. The summed E-state index contributed by atoms with van der Waals surface area (Å²) in [5.41, 5.74) is 11.7. The third kappa shape index (κ3) is 8.25. The van der Waals surface area contributed by atoms with E-state index in [1.54, 1.807) is 118 Å². The molecule has 0 bridgehead atoms. The van der Waals surface area contributed by atoms with Gasteiger partial charge in [-0.2, -0.15) is 0 Å². The highest BCUT2D eigenvalue weighted by Crippen LogP contribution is 2.40. The SMILES string of the molecule is Cn1nncc1[C@@](N)(c1ccc(Cl)cc1)c1cnc2c(c1)c(-c1cccc(Cl)c1)cc(=O)n2C.Cn1nncc1[C@@](O)(c1ccc(Cl)cc1)c1cnc2c(c1)c(-c1cccc(Cl)c1)cc(=O)n2C. The summed E-state index contributed by atoms with van der Waals surface area (Å²) < 4.78 is 6.13. The minimum Gasteiger partial charge on any atom is -0.374 e. The lowest BCUT2D eigenvalue weighted by Gasteiger charge is -2.30. The van der Waals surface area contributed by atoms with Gasteiger partial charge >= 0.3 is 0 Å². The van der Waals surface area contributed by atoms with Crippen LogP contribution in [0.15, 0.2) is 156 Å². The van der Waals surface area contributed by atoms with Gasteiger partial charge in [-0.1, -0.05) is 105 Å². The van der Waals surface area contributed by atoms with Crippen molar-refractivity contribution < 1.29 is 5.11 Å². The smallest absolute Gasteiger partial charge is 0.252 e. The third-order valence-corrected chi connectivity index (χ3v) is 13.0. The van der Waals surface area contributed by atoms with Crippen molar-refractivity contribution in [3.8, 4) is 22.3 Å². The summed E-state index contributed by atoms with van der Waals surface area (Å²) in [7, 11) is 6.85. The fourth-order valence-corrected chi connectivity index (χ4v) is 9.08. The lowest BCUT2D eigenvalue weighted by Crippen LogP contribution is -2.41.